The minimum absolute atomic E-state index is 0.250. The first kappa shape index (κ1) is 13.0. The first-order chi connectivity index (χ1) is 9.61. The molecule has 0 aliphatic carbocycles. The van der Waals surface area contributed by atoms with Crippen LogP contribution in [0, 0.1) is 6.92 Å². The van der Waals surface area contributed by atoms with E-state index in [2.05, 4.69) is 9.98 Å². The van der Waals surface area contributed by atoms with E-state index >= 15 is 0 Å². The predicted molar refractivity (Wildman–Crippen MR) is 78.9 cm³/mol. The lowest BCUT2D eigenvalue weighted by molar-refractivity contribution is -0.129. The molecule has 6 heteroatoms. The number of halogens is 1. The van der Waals surface area contributed by atoms with Crippen molar-refractivity contribution in [3.63, 3.8) is 0 Å². The number of carbonyl (C=O) groups is 1. The molecule has 0 radical (unpaired) electrons. The predicted octanol–water partition coefficient (Wildman–Crippen LogP) is 3.45. The Hall–Kier alpha value is -1.98. The van der Waals surface area contributed by atoms with E-state index in [-0.39, 0.29) is 11.6 Å². The summed E-state index contributed by atoms with van der Waals surface area (Å²) in [6, 6.07) is 6.95. The van der Waals surface area contributed by atoms with Gasteiger partial charge in [0.25, 0.3) is 0 Å². The molecule has 1 aliphatic heterocycles. The summed E-state index contributed by atoms with van der Waals surface area (Å²) in [5.41, 5.74) is 1.67. The van der Waals surface area contributed by atoms with Crippen LogP contribution in [0.2, 0.25) is 5.02 Å². The normalized spacial score (nSPS) is 16.4. The summed E-state index contributed by atoms with van der Waals surface area (Å²) in [5.74, 6) is -0.189. The Bertz CT molecular complexity index is 732. The summed E-state index contributed by atoms with van der Waals surface area (Å²) in [6.07, 6.45) is 1.62. The molecule has 100 valence electrons. The van der Waals surface area contributed by atoms with Gasteiger partial charge >= 0.3 is 5.97 Å². The molecule has 20 heavy (non-hydrogen) atoms. The molecule has 0 spiro atoms. The maximum Gasteiger partial charge on any atom is 0.363 e. The van der Waals surface area contributed by atoms with Gasteiger partial charge in [0.2, 0.25) is 5.90 Å². The van der Waals surface area contributed by atoms with Gasteiger partial charge in [0.1, 0.15) is 0 Å². The molecular weight excluding hydrogens is 296 g/mol. The number of ether oxygens (including phenoxy) is 1. The zero-order valence-corrected chi connectivity index (χ0v) is 12.0. The number of thiazole rings is 1. The highest BCUT2D eigenvalue weighted by molar-refractivity contribution is 7.09. The number of aryl methyl sites for hydroxylation is 1. The molecule has 0 saturated heterocycles. The number of benzene rings is 1. The van der Waals surface area contributed by atoms with E-state index < -0.39 is 5.97 Å². The Balaban J connectivity index is 1.92. The molecule has 0 amide bonds. The van der Waals surface area contributed by atoms with Crippen LogP contribution in [0.1, 0.15) is 16.3 Å². The zero-order chi connectivity index (χ0) is 14.1. The van der Waals surface area contributed by atoms with Gasteiger partial charge < -0.3 is 4.74 Å². The first-order valence-electron chi connectivity index (χ1n) is 5.82. The Labute approximate surface area is 124 Å². The Morgan fingerprint density at radius 1 is 1.30 bits per heavy atom. The second-order valence-electron chi connectivity index (χ2n) is 4.13. The summed E-state index contributed by atoms with van der Waals surface area (Å²) in [4.78, 5) is 20.2. The van der Waals surface area contributed by atoms with Crippen molar-refractivity contribution in [3.05, 3.63) is 56.6 Å². The topological polar surface area (TPSA) is 51.6 Å². The molecule has 0 atom stereocenters. The van der Waals surface area contributed by atoms with Gasteiger partial charge in [-0.25, -0.2) is 14.8 Å². The highest BCUT2D eigenvalue weighted by atomic mass is 35.5. The van der Waals surface area contributed by atoms with Crippen molar-refractivity contribution in [3.8, 4) is 0 Å². The van der Waals surface area contributed by atoms with Gasteiger partial charge in [-0.2, -0.15) is 0 Å². The van der Waals surface area contributed by atoms with Crippen LogP contribution in [0.4, 0.5) is 0 Å². The minimum atomic E-state index is -0.472. The molecule has 0 unspecified atom stereocenters. The molecule has 0 N–H and O–H groups in total. The first-order valence-corrected chi connectivity index (χ1v) is 7.08. The van der Waals surface area contributed by atoms with Crippen LogP contribution in [0.3, 0.4) is 0 Å². The van der Waals surface area contributed by atoms with Gasteiger partial charge in [0.15, 0.2) is 5.70 Å². The van der Waals surface area contributed by atoms with E-state index in [0.29, 0.717) is 16.3 Å². The average molecular weight is 305 g/mol. The number of hydrogen-bond donors (Lipinski definition) is 0. The summed E-state index contributed by atoms with van der Waals surface area (Å²) >= 11 is 7.34. The number of nitrogens with zero attached hydrogens (tertiary/aromatic N) is 2. The molecule has 0 fully saturated rings. The van der Waals surface area contributed by atoms with E-state index in [1.165, 1.54) is 11.3 Å². The molecule has 0 bridgehead atoms. The standard InChI is InChI=1S/C14H9ClN2O2S/c1-8-16-11(7-20-8)6-12-14(18)19-13(17-12)9-2-4-10(15)5-3-9/h2-7H,1H3. The smallest absolute Gasteiger partial charge is 0.363 e. The van der Waals surface area contributed by atoms with E-state index in [1.54, 1.807) is 30.3 Å². The van der Waals surface area contributed by atoms with E-state index in [9.17, 15) is 4.79 Å². The fourth-order valence-electron chi connectivity index (χ4n) is 1.71. The quantitative estimate of drug-likeness (QED) is 0.631. The summed E-state index contributed by atoms with van der Waals surface area (Å²) in [7, 11) is 0. The van der Waals surface area contributed by atoms with Gasteiger partial charge in [-0.3, -0.25) is 0 Å². The minimum Gasteiger partial charge on any atom is -0.402 e. The fraction of sp³-hybridized carbons (Fsp3) is 0.0714. The lowest BCUT2D eigenvalue weighted by atomic mass is 10.2. The number of aromatic nitrogens is 1. The maximum atomic E-state index is 11.8. The largest absolute Gasteiger partial charge is 0.402 e. The third-order valence-electron chi connectivity index (χ3n) is 2.63. The van der Waals surface area contributed by atoms with Crippen molar-refractivity contribution >= 4 is 40.9 Å². The number of rotatable bonds is 2. The second-order valence-corrected chi connectivity index (χ2v) is 5.63. The summed E-state index contributed by atoms with van der Waals surface area (Å²) in [5, 5.41) is 3.42. The molecular formula is C14H9ClN2O2S. The monoisotopic (exact) mass is 304 g/mol. The van der Waals surface area contributed by atoms with Crippen LogP contribution >= 0.6 is 22.9 Å². The molecule has 0 saturated carbocycles. The third-order valence-corrected chi connectivity index (χ3v) is 3.68. The van der Waals surface area contributed by atoms with Gasteiger partial charge in [-0.05, 0) is 37.3 Å². The maximum absolute atomic E-state index is 11.8. The number of esters is 1. The molecule has 1 aromatic carbocycles. The van der Waals surface area contributed by atoms with E-state index in [1.807, 2.05) is 12.3 Å². The van der Waals surface area contributed by atoms with Gasteiger partial charge in [0, 0.05) is 16.0 Å². The van der Waals surface area contributed by atoms with Gasteiger partial charge in [-0.1, -0.05) is 11.6 Å². The number of aliphatic imine (C=N–C) groups is 1. The second kappa shape index (κ2) is 5.19. The molecule has 1 aliphatic rings. The van der Waals surface area contributed by atoms with Crippen molar-refractivity contribution < 1.29 is 9.53 Å². The van der Waals surface area contributed by atoms with Crippen LogP contribution in [-0.2, 0) is 9.53 Å². The van der Waals surface area contributed by atoms with E-state index in [0.717, 1.165) is 5.01 Å². The Kier molecular flexibility index (Phi) is 3.38. The third kappa shape index (κ3) is 2.64. The lowest BCUT2D eigenvalue weighted by Crippen LogP contribution is -2.05. The van der Waals surface area contributed by atoms with Crippen LogP contribution in [0.15, 0.2) is 40.3 Å². The van der Waals surface area contributed by atoms with Crippen LogP contribution < -0.4 is 0 Å². The summed E-state index contributed by atoms with van der Waals surface area (Å²) < 4.78 is 5.15. The SMILES string of the molecule is Cc1nc(C=C2N=C(c3ccc(Cl)cc3)OC2=O)cs1. The molecule has 2 heterocycles. The molecule has 1 aromatic heterocycles. The van der Waals surface area contributed by atoms with Crippen LogP contribution in [0.25, 0.3) is 6.08 Å². The highest BCUT2D eigenvalue weighted by Gasteiger charge is 2.24. The number of hydrogen-bond acceptors (Lipinski definition) is 5. The molecule has 4 nitrogen and oxygen atoms in total. The van der Waals surface area contributed by atoms with Crippen molar-refractivity contribution in [1.82, 2.24) is 4.98 Å². The van der Waals surface area contributed by atoms with Crippen molar-refractivity contribution in [1.29, 1.82) is 0 Å². The Morgan fingerprint density at radius 3 is 2.70 bits per heavy atom. The zero-order valence-electron chi connectivity index (χ0n) is 10.5. The van der Waals surface area contributed by atoms with Crippen LogP contribution in [0.5, 0.6) is 0 Å². The lowest BCUT2D eigenvalue weighted by Gasteiger charge is -1.98. The van der Waals surface area contributed by atoms with Gasteiger partial charge in [0.05, 0.1) is 10.7 Å². The van der Waals surface area contributed by atoms with Crippen LogP contribution in [-0.4, -0.2) is 16.9 Å². The average Bonchev–Trinajstić information content (AvgIpc) is 2.98. The van der Waals surface area contributed by atoms with Gasteiger partial charge in [-0.15, -0.1) is 11.3 Å². The molecule has 2 aromatic rings. The van der Waals surface area contributed by atoms with Crippen molar-refractivity contribution in [2.45, 2.75) is 6.92 Å². The molecule has 3 rings (SSSR count). The number of cyclic esters (lactones) is 1. The van der Waals surface area contributed by atoms with Crippen molar-refractivity contribution in [2.75, 3.05) is 0 Å². The number of carbonyl (C=O) groups excluding carboxylic acids is 1. The van der Waals surface area contributed by atoms with Crippen molar-refractivity contribution in [2.24, 2.45) is 4.99 Å². The summed E-state index contributed by atoms with van der Waals surface area (Å²) in [6.45, 7) is 1.90. The highest BCUT2D eigenvalue weighted by Crippen LogP contribution is 2.20. The fourth-order valence-corrected chi connectivity index (χ4v) is 2.41. The van der Waals surface area contributed by atoms with E-state index in [4.69, 9.17) is 16.3 Å². The Morgan fingerprint density at radius 2 is 2.05 bits per heavy atom.